The van der Waals surface area contributed by atoms with Gasteiger partial charge < -0.3 is 21.0 Å². The molecule has 4 N–H and O–H groups in total. The molecule has 0 heterocycles. The van der Waals surface area contributed by atoms with Gasteiger partial charge >= 0.3 is 0 Å². The van der Waals surface area contributed by atoms with Crippen LogP contribution < -0.4 is 11.1 Å². The molecule has 0 radical (unpaired) electrons. The maximum absolute atomic E-state index is 10.0. The molecule has 0 saturated carbocycles. The number of sulfone groups is 1. The first kappa shape index (κ1) is 60.2. The third-order valence-electron chi connectivity index (χ3n) is 2.45. The Labute approximate surface area is 234 Å². The van der Waals surface area contributed by atoms with Crippen LogP contribution in [0.4, 0.5) is 0 Å². The Hall–Kier alpha value is -1.48. The topological polar surface area (TPSA) is 139 Å². The van der Waals surface area contributed by atoms with E-state index < -0.39 is 9.84 Å². The fraction of sp³-hybridized carbons (Fsp3) is 0.893. The number of aliphatic hydroxyl groups is 1. The number of rotatable bonds is 5. The van der Waals surface area contributed by atoms with E-state index >= 15 is 0 Å². The van der Waals surface area contributed by atoms with Crippen LogP contribution in [0, 0.1) is 0 Å². The number of aliphatic hydroxyl groups excluding tert-OH is 1. The number of amidine groups is 1. The largest absolute Gasteiger partial charge is 0.393 e. The molecule has 0 aromatic carbocycles. The Kier molecular flexibility index (Phi) is 96.9. The summed E-state index contributed by atoms with van der Waals surface area (Å²) >= 11 is 0. The number of Topliss-reactive ketones (excluding diaryl/α,β-unsaturated/α-hetero) is 1. The third-order valence-corrected chi connectivity index (χ3v) is 3.50. The molecular weight excluding hydrogens is 490 g/mol. The number of carbonyl (C=O) groups excluding carboxylic acids is 2. The molecule has 0 rings (SSSR count). The van der Waals surface area contributed by atoms with Crippen molar-refractivity contribution in [2.45, 2.75) is 143 Å². The van der Waals surface area contributed by atoms with E-state index in [0.29, 0.717) is 12.3 Å². The van der Waals surface area contributed by atoms with Crippen LogP contribution in [0.2, 0.25) is 0 Å². The van der Waals surface area contributed by atoms with Gasteiger partial charge in [0.05, 0.1) is 11.9 Å². The van der Waals surface area contributed by atoms with Crippen LogP contribution in [-0.4, -0.2) is 62.3 Å². The van der Waals surface area contributed by atoms with E-state index in [1.807, 2.05) is 41.5 Å². The number of nitrogens with one attached hydrogen (secondary N) is 1. The van der Waals surface area contributed by atoms with E-state index in [4.69, 9.17) is 10.8 Å². The highest BCUT2D eigenvalue weighted by Crippen LogP contribution is 1.81. The van der Waals surface area contributed by atoms with Gasteiger partial charge in [0.25, 0.3) is 0 Å². The number of aliphatic imine (C=N–C) groups is 1. The van der Waals surface area contributed by atoms with Gasteiger partial charge in [0, 0.05) is 38.4 Å². The van der Waals surface area contributed by atoms with E-state index in [1.54, 1.807) is 27.7 Å². The number of ketones is 1. The first-order valence-electron chi connectivity index (χ1n) is 13.3. The summed E-state index contributed by atoms with van der Waals surface area (Å²) in [5.74, 6) is 1.20. The zero-order chi connectivity index (χ0) is 31.2. The van der Waals surface area contributed by atoms with Crippen LogP contribution in [0.5, 0.6) is 0 Å². The van der Waals surface area contributed by atoms with Crippen molar-refractivity contribution in [2.75, 3.05) is 25.1 Å². The maximum atomic E-state index is 10.0. The van der Waals surface area contributed by atoms with Crippen molar-refractivity contribution < 1.29 is 23.1 Å². The Balaban J connectivity index is -0.0000000352. The first-order valence-corrected chi connectivity index (χ1v) is 15.4. The lowest BCUT2D eigenvalue weighted by atomic mass is 10.3. The van der Waals surface area contributed by atoms with Crippen molar-refractivity contribution in [2.24, 2.45) is 10.7 Å². The van der Waals surface area contributed by atoms with E-state index in [-0.39, 0.29) is 31.0 Å². The molecule has 234 valence electrons. The fourth-order valence-electron chi connectivity index (χ4n) is 0.498. The minimum absolute atomic E-state index is 0. The number of amides is 1. The van der Waals surface area contributed by atoms with E-state index in [2.05, 4.69) is 38.0 Å². The molecule has 0 aliphatic heterocycles. The summed E-state index contributed by atoms with van der Waals surface area (Å²) in [5.41, 5.74) is 5.15. The van der Waals surface area contributed by atoms with Crippen molar-refractivity contribution in [3.05, 3.63) is 0 Å². The summed E-state index contributed by atoms with van der Waals surface area (Å²) in [7, 11) is -2.66. The van der Waals surface area contributed by atoms with Crippen LogP contribution in [0.15, 0.2) is 4.99 Å². The highest BCUT2D eigenvalue weighted by molar-refractivity contribution is 7.90. The summed E-state index contributed by atoms with van der Waals surface area (Å²) in [5, 5.41) is 10.9. The van der Waals surface area contributed by atoms with Crippen molar-refractivity contribution >= 4 is 27.4 Å². The van der Waals surface area contributed by atoms with Crippen molar-refractivity contribution in [3.63, 3.8) is 0 Å². The van der Waals surface area contributed by atoms with Crippen LogP contribution in [0.1, 0.15) is 137 Å². The van der Waals surface area contributed by atoms with Gasteiger partial charge in [-0.1, -0.05) is 82.6 Å². The van der Waals surface area contributed by atoms with Gasteiger partial charge in [-0.15, -0.1) is 0 Å². The quantitative estimate of drug-likeness (QED) is 0.248. The van der Waals surface area contributed by atoms with Gasteiger partial charge in [-0.2, -0.15) is 0 Å². The molecule has 8 nitrogen and oxygen atoms in total. The third kappa shape index (κ3) is 275. The number of nitrogens with zero attached hydrogens (tertiary/aromatic N) is 1. The second-order valence-electron chi connectivity index (χ2n) is 7.14. The monoisotopic (exact) mass is 562 g/mol. The Morgan fingerprint density at radius 3 is 1.14 bits per heavy atom. The minimum Gasteiger partial charge on any atom is -0.393 e. The summed E-state index contributed by atoms with van der Waals surface area (Å²) in [6.07, 6.45) is 5.13. The van der Waals surface area contributed by atoms with Gasteiger partial charge in [-0.05, 0) is 41.0 Å². The van der Waals surface area contributed by atoms with Crippen LogP contribution in [0.25, 0.3) is 0 Å². The van der Waals surface area contributed by atoms with Crippen molar-refractivity contribution in [1.29, 1.82) is 0 Å². The lowest BCUT2D eigenvalue weighted by molar-refractivity contribution is -0.119. The number of carbonyl (C=O) groups is 2. The SMILES string of the molecule is C.CC.CCC.CCC.CCC(C)=O.CCC(C)O.CCN=C(C)N.CCNC(C)=O.CCS(C)(=O)=O. The summed E-state index contributed by atoms with van der Waals surface area (Å²) in [6.45, 7) is 29.9. The lowest BCUT2D eigenvalue weighted by Crippen LogP contribution is -2.18. The van der Waals surface area contributed by atoms with Crippen molar-refractivity contribution in [1.82, 2.24) is 5.32 Å². The fourth-order valence-corrected chi connectivity index (χ4v) is 0.498. The summed E-state index contributed by atoms with van der Waals surface area (Å²) in [6, 6.07) is 0. The van der Waals surface area contributed by atoms with Crippen molar-refractivity contribution in [3.8, 4) is 0 Å². The maximum Gasteiger partial charge on any atom is 0.216 e. The highest BCUT2D eigenvalue weighted by atomic mass is 32.2. The number of hydrogen-bond acceptors (Lipinski definition) is 6. The Bertz CT molecular complexity index is 502. The van der Waals surface area contributed by atoms with Crippen LogP contribution in [0.3, 0.4) is 0 Å². The smallest absolute Gasteiger partial charge is 0.216 e. The zero-order valence-corrected chi connectivity index (χ0v) is 27.9. The first-order chi connectivity index (χ1) is 16.5. The second kappa shape index (κ2) is 59.6. The van der Waals surface area contributed by atoms with E-state index in [0.717, 1.165) is 19.5 Å². The van der Waals surface area contributed by atoms with E-state index in [1.165, 1.54) is 26.0 Å². The zero-order valence-electron chi connectivity index (χ0n) is 27.0. The normalized spacial score (nSPS) is 9.27. The molecule has 1 atom stereocenters. The molecule has 37 heavy (non-hydrogen) atoms. The minimum atomic E-state index is -2.66. The van der Waals surface area contributed by atoms with E-state index in [9.17, 15) is 18.0 Å². The van der Waals surface area contributed by atoms with Gasteiger partial charge in [0.15, 0.2) is 0 Å². The molecule has 0 saturated heterocycles. The molecular formula is C28H71N3O5S. The second-order valence-corrected chi connectivity index (χ2v) is 9.57. The molecule has 0 spiro atoms. The number of hydrogen-bond donors (Lipinski definition) is 3. The highest BCUT2D eigenvalue weighted by Gasteiger charge is 1.90. The van der Waals surface area contributed by atoms with Gasteiger partial charge in [0.1, 0.15) is 15.6 Å². The average molecular weight is 562 g/mol. The summed E-state index contributed by atoms with van der Waals surface area (Å²) < 4.78 is 20.0. The molecule has 0 aliphatic carbocycles. The average Bonchev–Trinajstić information content (AvgIpc) is 2.77. The molecule has 0 aliphatic rings. The molecule has 0 aromatic rings. The Morgan fingerprint density at radius 1 is 0.892 bits per heavy atom. The number of nitrogens with two attached hydrogens (primary N) is 1. The Morgan fingerprint density at radius 2 is 1.14 bits per heavy atom. The lowest BCUT2D eigenvalue weighted by Gasteiger charge is -1.90. The molecule has 1 unspecified atom stereocenters. The van der Waals surface area contributed by atoms with Crippen LogP contribution >= 0.6 is 0 Å². The van der Waals surface area contributed by atoms with Gasteiger partial charge in [0.2, 0.25) is 5.91 Å². The van der Waals surface area contributed by atoms with Gasteiger partial charge in [-0.25, -0.2) is 8.42 Å². The predicted molar refractivity (Wildman–Crippen MR) is 171 cm³/mol. The van der Waals surface area contributed by atoms with Gasteiger partial charge in [-0.3, -0.25) is 9.79 Å². The summed E-state index contributed by atoms with van der Waals surface area (Å²) in [4.78, 5) is 23.6. The van der Waals surface area contributed by atoms with Crippen LogP contribution in [-0.2, 0) is 19.4 Å². The molecule has 9 heteroatoms. The molecule has 0 fully saturated rings. The standard InChI is InChI=1S/C4H10N2.C4H9NO.C4H10O.C4H8O.C3H8O2S.2C3H8.C2H6.CH4/c1-3-6-4(2)5;1-3-5-4(2)6;2*1-3-4(2)5;1-3-6(2,4)5;2*1-3-2;1-2;/h3H2,1-2H3,(H2,5,6);3H2,1-2H3,(H,5,6);4-5H,3H2,1-2H3;3H2,1-2H3;3H2,1-2H3;2*3H2,1-2H3;1-2H3;1H4. The predicted octanol–water partition coefficient (Wildman–Crippen LogP) is 6.83. The molecule has 0 aromatic heterocycles. The molecule has 1 amide bonds. The molecule has 0 bridgehead atoms.